The van der Waals surface area contributed by atoms with E-state index in [9.17, 15) is 4.79 Å². The van der Waals surface area contributed by atoms with Crippen LogP contribution in [0.4, 0.5) is 0 Å². The number of nitrogens with one attached hydrogen (secondary N) is 1. The molecule has 2 unspecified atom stereocenters. The van der Waals surface area contributed by atoms with Crippen LogP contribution in [0.25, 0.3) is 0 Å². The Kier molecular flexibility index (Phi) is 3.06. The second kappa shape index (κ2) is 4.30. The molecule has 0 aromatic heterocycles. The molecule has 2 atom stereocenters. The van der Waals surface area contributed by atoms with Gasteiger partial charge in [0.25, 0.3) is 0 Å². The van der Waals surface area contributed by atoms with E-state index in [4.69, 9.17) is 0 Å². The number of hydrogen-bond acceptors (Lipinski definition) is 2. The lowest BCUT2D eigenvalue weighted by molar-refractivity contribution is -0.135. The zero-order valence-corrected chi connectivity index (χ0v) is 8.96. The molecule has 2 aliphatic rings. The van der Waals surface area contributed by atoms with Crippen LogP contribution < -0.4 is 5.32 Å². The molecule has 1 saturated heterocycles. The van der Waals surface area contributed by atoms with Gasteiger partial charge in [0.15, 0.2) is 0 Å². The van der Waals surface area contributed by atoms with Gasteiger partial charge in [-0.3, -0.25) is 4.79 Å². The second-order valence-electron chi connectivity index (χ2n) is 4.69. The Morgan fingerprint density at radius 2 is 2.29 bits per heavy atom. The Balaban J connectivity index is 1.94. The monoisotopic (exact) mass is 196 g/mol. The van der Waals surface area contributed by atoms with E-state index >= 15 is 0 Å². The van der Waals surface area contributed by atoms with Crippen LogP contribution in [0, 0.1) is 5.92 Å². The lowest BCUT2D eigenvalue weighted by atomic mass is 9.86. The van der Waals surface area contributed by atoms with Crippen LogP contribution in [0.15, 0.2) is 0 Å². The Bertz CT molecular complexity index is 217. The summed E-state index contributed by atoms with van der Waals surface area (Å²) < 4.78 is 0. The average molecular weight is 196 g/mol. The van der Waals surface area contributed by atoms with Crippen LogP contribution in [-0.2, 0) is 4.79 Å². The molecule has 1 amide bonds. The molecule has 1 N–H and O–H groups in total. The van der Waals surface area contributed by atoms with Gasteiger partial charge in [-0.2, -0.15) is 0 Å². The molecule has 2 fully saturated rings. The molecule has 0 radical (unpaired) electrons. The highest BCUT2D eigenvalue weighted by atomic mass is 16.2. The standard InChI is InChI=1S/C11H20N2O/c1-9-3-2-4-10(7-9)13-6-5-12-8-11(13)14/h9-10,12H,2-8H2,1H3. The first-order valence-corrected chi connectivity index (χ1v) is 5.77. The third-order valence-electron chi connectivity index (χ3n) is 3.48. The summed E-state index contributed by atoms with van der Waals surface area (Å²) in [5, 5.41) is 3.12. The summed E-state index contributed by atoms with van der Waals surface area (Å²) in [6, 6.07) is 0.536. The molecule has 0 aromatic rings. The minimum Gasteiger partial charge on any atom is -0.337 e. The summed E-state index contributed by atoms with van der Waals surface area (Å²) in [6.45, 7) is 4.73. The van der Waals surface area contributed by atoms with E-state index < -0.39 is 0 Å². The van der Waals surface area contributed by atoms with Gasteiger partial charge < -0.3 is 10.2 Å². The topological polar surface area (TPSA) is 32.3 Å². The van der Waals surface area contributed by atoms with Crippen molar-refractivity contribution in [2.45, 2.75) is 38.6 Å². The zero-order valence-electron chi connectivity index (χ0n) is 8.96. The van der Waals surface area contributed by atoms with Crippen LogP contribution in [0.2, 0.25) is 0 Å². The summed E-state index contributed by atoms with van der Waals surface area (Å²) in [6.07, 6.45) is 5.07. The number of piperazine rings is 1. The molecule has 1 saturated carbocycles. The largest absolute Gasteiger partial charge is 0.337 e. The highest BCUT2D eigenvalue weighted by Gasteiger charge is 2.29. The van der Waals surface area contributed by atoms with Gasteiger partial charge in [0.05, 0.1) is 6.54 Å². The fraction of sp³-hybridized carbons (Fsp3) is 0.909. The summed E-state index contributed by atoms with van der Waals surface area (Å²) >= 11 is 0. The first kappa shape index (κ1) is 9.97. The van der Waals surface area contributed by atoms with Crippen molar-refractivity contribution < 1.29 is 4.79 Å². The number of hydrogen-bond donors (Lipinski definition) is 1. The van der Waals surface area contributed by atoms with Gasteiger partial charge in [-0.1, -0.05) is 19.8 Å². The fourth-order valence-corrected chi connectivity index (χ4v) is 2.69. The molecule has 0 spiro atoms. The van der Waals surface area contributed by atoms with Crippen molar-refractivity contribution in [3.8, 4) is 0 Å². The summed E-state index contributed by atoms with van der Waals surface area (Å²) in [5.74, 6) is 1.10. The average Bonchev–Trinajstić information content (AvgIpc) is 2.18. The number of amides is 1. The Labute approximate surface area is 85.8 Å². The normalized spacial score (nSPS) is 34.6. The van der Waals surface area contributed by atoms with E-state index in [1.54, 1.807) is 0 Å². The molecule has 1 aliphatic carbocycles. The minimum absolute atomic E-state index is 0.301. The first-order chi connectivity index (χ1) is 6.77. The maximum Gasteiger partial charge on any atom is 0.236 e. The van der Waals surface area contributed by atoms with Crippen molar-refractivity contribution in [3.63, 3.8) is 0 Å². The molecule has 14 heavy (non-hydrogen) atoms. The molecule has 2 rings (SSSR count). The second-order valence-corrected chi connectivity index (χ2v) is 4.69. The van der Waals surface area contributed by atoms with Gasteiger partial charge in [0.1, 0.15) is 0 Å². The maximum absolute atomic E-state index is 11.7. The fourth-order valence-electron chi connectivity index (χ4n) is 2.69. The van der Waals surface area contributed by atoms with E-state index in [2.05, 4.69) is 17.1 Å². The molecule has 1 aliphatic heterocycles. The molecule has 80 valence electrons. The Hall–Kier alpha value is -0.570. The molecule has 3 nitrogen and oxygen atoms in total. The lowest BCUT2D eigenvalue weighted by Gasteiger charge is -2.38. The third kappa shape index (κ3) is 2.08. The maximum atomic E-state index is 11.7. The van der Waals surface area contributed by atoms with Crippen LogP contribution in [0.3, 0.4) is 0 Å². The minimum atomic E-state index is 0.301. The van der Waals surface area contributed by atoms with Gasteiger partial charge >= 0.3 is 0 Å². The van der Waals surface area contributed by atoms with E-state index in [1.165, 1.54) is 25.7 Å². The van der Waals surface area contributed by atoms with Crippen LogP contribution in [-0.4, -0.2) is 36.5 Å². The van der Waals surface area contributed by atoms with E-state index in [0.29, 0.717) is 18.5 Å². The van der Waals surface area contributed by atoms with Crippen molar-refractivity contribution in [3.05, 3.63) is 0 Å². The van der Waals surface area contributed by atoms with Crippen molar-refractivity contribution in [2.24, 2.45) is 5.92 Å². The quantitative estimate of drug-likeness (QED) is 0.678. The van der Waals surface area contributed by atoms with Gasteiger partial charge in [0, 0.05) is 19.1 Å². The van der Waals surface area contributed by atoms with Crippen LogP contribution >= 0.6 is 0 Å². The summed E-state index contributed by atoms with van der Waals surface area (Å²) in [7, 11) is 0. The smallest absolute Gasteiger partial charge is 0.236 e. The Morgan fingerprint density at radius 1 is 1.43 bits per heavy atom. The molecule has 1 heterocycles. The van der Waals surface area contributed by atoms with Crippen molar-refractivity contribution >= 4 is 5.91 Å². The molecule has 3 heteroatoms. The van der Waals surface area contributed by atoms with Gasteiger partial charge in [-0.25, -0.2) is 0 Å². The third-order valence-corrected chi connectivity index (χ3v) is 3.48. The van der Waals surface area contributed by atoms with Gasteiger partial charge in [-0.15, -0.1) is 0 Å². The van der Waals surface area contributed by atoms with Crippen molar-refractivity contribution in [1.29, 1.82) is 0 Å². The predicted molar refractivity (Wildman–Crippen MR) is 56.0 cm³/mol. The highest BCUT2D eigenvalue weighted by molar-refractivity contribution is 5.79. The Morgan fingerprint density at radius 3 is 3.00 bits per heavy atom. The van der Waals surface area contributed by atoms with E-state index in [0.717, 1.165) is 19.0 Å². The van der Waals surface area contributed by atoms with Crippen molar-refractivity contribution in [2.75, 3.05) is 19.6 Å². The van der Waals surface area contributed by atoms with Crippen LogP contribution in [0.5, 0.6) is 0 Å². The number of rotatable bonds is 1. The van der Waals surface area contributed by atoms with Gasteiger partial charge in [0.2, 0.25) is 5.91 Å². The highest BCUT2D eigenvalue weighted by Crippen LogP contribution is 2.27. The number of carbonyl (C=O) groups excluding carboxylic acids is 1. The molecule has 0 bridgehead atoms. The van der Waals surface area contributed by atoms with E-state index in [1.807, 2.05) is 0 Å². The summed E-state index contributed by atoms with van der Waals surface area (Å²) in [5.41, 5.74) is 0. The lowest BCUT2D eigenvalue weighted by Crippen LogP contribution is -2.53. The molecule has 0 aromatic carbocycles. The number of nitrogens with zero attached hydrogens (tertiary/aromatic N) is 1. The number of carbonyl (C=O) groups is 1. The molecular weight excluding hydrogens is 176 g/mol. The van der Waals surface area contributed by atoms with E-state index in [-0.39, 0.29) is 0 Å². The first-order valence-electron chi connectivity index (χ1n) is 5.77. The van der Waals surface area contributed by atoms with Crippen LogP contribution in [0.1, 0.15) is 32.6 Å². The summed E-state index contributed by atoms with van der Waals surface area (Å²) in [4.78, 5) is 13.8. The van der Waals surface area contributed by atoms with Gasteiger partial charge in [-0.05, 0) is 18.8 Å². The molecular formula is C11H20N2O. The zero-order chi connectivity index (χ0) is 9.97. The van der Waals surface area contributed by atoms with Crippen molar-refractivity contribution in [1.82, 2.24) is 10.2 Å². The SMILES string of the molecule is CC1CCCC(N2CCNCC2=O)C1. The predicted octanol–water partition coefficient (Wildman–Crippen LogP) is 0.997.